The summed E-state index contributed by atoms with van der Waals surface area (Å²) in [5.41, 5.74) is 0.472. The molecule has 0 fully saturated rings. The van der Waals surface area contributed by atoms with E-state index in [9.17, 15) is 14.4 Å². The third-order valence-electron chi connectivity index (χ3n) is 2.45. The minimum atomic E-state index is -1.12. The van der Waals surface area contributed by atoms with Crippen LogP contribution >= 0.6 is 0 Å². The van der Waals surface area contributed by atoms with Gasteiger partial charge in [-0.3, -0.25) is 14.6 Å². The van der Waals surface area contributed by atoms with Gasteiger partial charge in [-0.1, -0.05) is 6.07 Å². The van der Waals surface area contributed by atoms with Crippen molar-refractivity contribution in [1.29, 1.82) is 0 Å². The highest BCUT2D eigenvalue weighted by Gasteiger charge is 2.17. The number of likely N-dealkylation sites (N-methyl/N-ethyl adjacent to an activating group) is 2. The second kappa shape index (κ2) is 7.03. The Labute approximate surface area is 115 Å². The molecule has 2 amide bonds. The molecule has 0 unspecified atom stereocenters. The number of hydrogen-bond acceptors (Lipinski definition) is 4. The maximum absolute atomic E-state index is 12.2. The molecular formula is C13H15N3O4. The summed E-state index contributed by atoms with van der Waals surface area (Å²) in [5.74, 6) is -1.88. The zero-order valence-electron chi connectivity index (χ0n) is 11.2. The number of nitrogens with one attached hydrogen (secondary N) is 1. The Morgan fingerprint density at radius 1 is 1.45 bits per heavy atom. The summed E-state index contributed by atoms with van der Waals surface area (Å²) < 4.78 is 0. The number of carboxylic acids is 1. The second-order valence-electron chi connectivity index (χ2n) is 3.95. The first-order valence-corrected chi connectivity index (χ1v) is 5.77. The molecule has 1 heterocycles. The fourth-order valence-electron chi connectivity index (χ4n) is 1.44. The van der Waals surface area contributed by atoms with Crippen LogP contribution in [0.2, 0.25) is 0 Å². The maximum atomic E-state index is 12.2. The number of nitrogens with zero attached hydrogens (tertiary/aromatic N) is 2. The highest BCUT2D eigenvalue weighted by atomic mass is 16.4. The van der Waals surface area contributed by atoms with Gasteiger partial charge in [0.1, 0.15) is 5.69 Å². The van der Waals surface area contributed by atoms with Gasteiger partial charge in [-0.25, -0.2) is 4.79 Å². The lowest BCUT2D eigenvalue weighted by atomic mass is 10.1. The van der Waals surface area contributed by atoms with Crippen LogP contribution in [0.4, 0.5) is 0 Å². The molecule has 0 aliphatic carbocycles. The summed E-state index contributed by atoms with van der Waals surface area (Å²) in [4.78, 5) is 39.1. The van der Waals surface area contributed by atoms with Crippen molar-refractivity contribution in [3.05, 3.63) is 35.7 Å². The number of pyridine rings is 1. The Bertz CT molecular complexity index is 554. The molecule has 0 saturated carbocycles. The van der Waals surface area contributed by atoms with Crippen molar-refractivity contribution in [2.24, 2.45) is 0 Å². The van der Waals surface area contributed by atoms with Crippen molar-refractivity contribution >= 4 is 23.9 Å². The lowest BCUT2D eigenvalue weighted by molar-refractivity contribution is -0.131. The normalized spacial score (nSPS) is 10.3. The van der Waals surface area contributed by atoms with Crippen molar-refractivity contribution in [3.63, 3.8) is 0 Å². The van der Waals surface area contributed by atoms with Gasteiger partial charge in [-0.15, -0.1) is 0 Å². The van der Waals surface area contributed by atoms with E-state index in [1.807, 2.05) is 0 Å². The number of aromatic nitrogens is 1. The number of carbonyl (C=O) groups is 3. The summed E-state index contributed by atoms with van der Waals surface area (Å²) in [6, 6.07) is 3.17. The van der Waals surface area contributed by atoms with Crippen LogP contribution in [0.25, 0.3) is 6.08 Å². The molecule has 2 N–H and O–H groups in total. The monoisotopic (exact) mass is 277 g/mol. The standard InChI is InChI=1S/C13H15N3O4/c1-14-10(17)8-16(2)13(20)12-9(4-3-7-15-12)5-6-11(18)19/h3-7H,8H2,1-2H3,(H,14,17)(H,18,19)/b6-5+. The summed E-state index contributed by atoms with van der Waals surface area (Å²) in [7, 11) is 2.94. The number of amides is 2. The fraction of sp³-hybridized carbons (Fsp3) is 0.231. The number of carboxylic acid groups (broad SMARTS) is 1. The molecule has 1 aromatic rings. The van der Waals surface area contributed by atoms with Crippen molar-refractivity contribution in [1.82, 2.24) is 15.2 Å². The van der Waals surface area contributed by atoms with Crippen molar-refractivity contribution in [3.8, 4) is 0 Å². The summed E-state index contributed by atoms with van der Waals surface area (Å²) in [6.45, 7) is -0.103. The first-order valence-electron chi connectivity index (χ1n) is 5.77. The largest absolute Gasteiger partial charge is 0.478 e. The SMILES string of the molecule is CNC(=O)CN(C)C(=O)c1ncccc1/C=C/C(=O)O. The van der Waals surface area contributed by atoms with Crippen LogP contribution in [-0.4, -0.2) is 53.4 Å². The van der Waals surface area contributed by atoms with E-state index in [1.165, 1.54) is 31.3 Å². The number of hydrogen-bond donors (Lipinski definition) is 2. The summed E-state index contributed by atoms with van der Waals surface area (Å²) in [5, 5.41) is 11.0. The molecule has 0 aliphatic rings. The number of carbonyl (C=O) groups excluding carboxylic acids is 2. The minimum absolute atomic E-state index is 0.0939. The molecule has 1 aromatic heterocycles. The Morgan fingerprint density at radius 3 is 2.75 bits per heavy atom. The zero-order valence-corrected chi connectivity index (χ0v) is 11.2. The predicted molar refractivity (Wildman–Crippen MR) is 71.9 cm³/mol. The second-order valence-corrected chi connectivity index (χ2v) is 3.95. The quantitative estimate of drug-likeness (QED) is 0.738. The van der Waals surface area contributed by atoms with E-state index in [2.05, 4.69) is 10.3 Å². The average Bonchev–Trinajstić information content (AvgIpc) is 2.44. The molecule has 0 saturated heterocycles. The van der Waals surface area contributed by atoms with Gasteiger partial charge in [0.05, 0.1) is 6.54 Å². The first-order chi connectivity index (χ1) is 9.45. The third-order valence-corrected chi connectivity index (χ3v) is 2.45. The Hall–Kier alpha value is -2.70. The van der Waals surface area contributed by atoms with Crippen molar-refractivity contribution < 1.29 is 19.5 Å². The summed E-state index contributed by atoms with van der Waals surface area (Å²) >= 11 is 0. The van der Waals surface area contributed by atoms with Crippen LogP contribution in [0.5, 0.6) is 0 Å². The van der Waals surface area contributed by atoms with Gasteiger partial charge >= 0.3 is 5.97 Å². The summed E-state index contributed by atoms with van der Waals surface area (Å²) in [6.07, 6.45) is 3.64. The van der Waals surface area contributed by atoms with Crippen LogP contribution in [0.1, 0.15) is 16.1 Å². The van der Waals surface area contributed by atoms with Crippen LogP contribution < -0.4 is 5.32 Å². The average molecular weight is 277 g/mol. The van der Waals surface area contributed by atoms with Gasteiger partial charge in [-0.2, -0.15) is 0 Å². The molecule has 0 aliphatic heterocycles. The van der Waals surface area contributed by atoms with Crippen LogP contribution in [0.15, 0.2) is 24.4 Å². The molecule has 0 spiro atoms. The molecule has 20 heavy (non-hydrogen) atoms. The topological polar surface area (TPSA) is 99.6 Å². The van der Waals surface area contributed by atoms with E-state index >= 15 is 0 Å². The Balaban J connectivity index is 2.98. The van der Waals surface area contributed by atoms with Crippen molar-refractivity contribution in [2.75, 3.05) is 20.6 Å². The van der Waals surface area contributed by atoms with Gasteiger partial charge in [0.25, 0.3) is 5.91 Å². The zero-order chi connectivity index (χ0) is 15.1. The van der Waals surface area contributed by atoms with Crippen LogP contribution in [-0.2, 0) is 9.59 Å². The van der Waals surface area contributed by atoms with Gasteiger partial charge < -0.3 is 15.3 Å². The van der Waals surface area contributed by atoms with E-state index < -0.39 is 11.9 Å². The smallest absolute Gasteiger partial charge is 0.328 e. The highest BCUT2D eigenvalue weighted by Crippen LogP contribution is 2.10. The Kier molecular flexibility index (Phi) is 5.40. The van der Waals surface area contributed by atoms with E-state index in [1.54, 1.807) is 12.1 Å². The highest BCUT2D eigenvalue weighted by molar-refractivity contribution is 5.98. The first kappa shape index (κ1) is 15.4. The van der Waals surface area contributed by atoms with Crippen LogP contribution in [0, 0.1) is 0 Å². The van der Waals surface area contributed by atoms with Gasteiger partial charge in [0.15, 0.2) is 0 Å². The van der Waals surface area contributed by atoms with E-state index in [-0.39, 0.29) is 18.1 Å². The van der Waals surface area contributed by atoms with Crippen LogP contribution in [0.3, 0.4) is 0 Å². The van der Waals surface area contributed by atoms with Gasteiger partial charge in [0, 0.05) is 31.9 Å². The van der Waals surface area contributed by atoms with Gasteiger partial charge in [0.2, 0.25) is 5.91 Å². The minimum Gasteiger partial charge on any atom is -0.478 e. The molecule has 7 heteroatoms. The molecule has 7 nitrogen and oxygen atoms in total. The van der Waals surface area contributed by atoms with E-state index in [0.29, 0.717) is 5.56 Å². The van der Waals surface area contributed by atoms with E-state index in [0.717, 1.165) is 6.08 Å². The lowest BCUT2D eigenvalue weighted by Crippen LogP contribution is -2.37. The fourth-order valence-corrected chi connectivity index (χ4v) is 1.44. The molecule has 0 radical (unpaired) electrons. The Morgan fingerprint density at radius 2 is 2.15 bits per heavy atom. The van der Waals surface area contributed by atoms with E-state index in [4.69, 9.17) is 5.11 Å². The number of rotatable bonds is 5. The predicted octanol–water partition coefficient (Wildman–Crippen LogP) is -0.00260. The molecule has 1 rings (SSSR count). The maximum Gasteiger partial charge on any atom is 0.328 e. The molecule has 106 valence electrons. The third kappa shape index (κ3) is 4.20. The number of aliphatic carboxylic acids is 1. The molecular weight excluding hydrogens is 262 g/mol. The molecule has 0 bridgehead atoms. The van der Waals surface area contributed by atoms with Crippen molar-refractivity contribution in [2.45, 2.75) is 0 Å². The molecule has 0 aromatic carbocycles. The lowest BCUT2D eigenvalue weighted by Gasteiger charge is -2.16. The molecule has 0 atom stereocenters. The van der Waals surface area contributed by atoms with Gasteiger partial charge in [-0.05, 0) is 12.1 Å².